The smallest absolute Gasteiger partial charge is 0.211 e. The van der Waals surface area contributed by atoms with Crippen LogP contribution in [0.1, 0.15) is 13.3 Å². The van der Waals surface area contributed by atoms with Crippen molar-refractivity contribution in [1.82, 2.24) is 9.62 Å². The zero-order valence-corrected chi connectivity index (χ0v) is 12.3. The summed E-state index contributed by atoms with van der Waals surface area (Å²) in [4.78, 5) is 0. The number of rotatable bonds is 9. The van der Waals surface area contributed by atoms with Gasteiger partial charge in [0.1, 0.15) is 9.84 Å². The van der Waals surface area contributed by atoms with Crippen molar-refractivity contribution in [3.8, 4) is 0 Å². The highest BCUT2D eigenvalue weighted by Gasteiger charge is 2.12. The van der Waals surface area contributed by atoms with Crippen LogP contribution in [0.2, 0.25) is 0 Å². The van der Waals surface area contributed by atoms with Gasteiger partial charge < -0.3 is 5.32 Å². The van der Waals surface area contributed by atoms with E-state index >= 15 is 0 Å². The first kappa shape index (κ1) is 16.8. The molecule has 0 rings (SSSR count). The summed E-state index contributed by atoms with van der Waals surface area (Å²) < 4.78 is 45.5. The van der Waals surface area contributed by atoms with E-state index in [1.165, 1.54) is 16.8 Å². The van der Waals surface area contributed by atoms with Crippen LogP contribution in [0, 0.1) is 0 Å². The molecule has 1 N–H and O–H groups in total. The molecule has 0 spiro atoms. The number of nitrogens with zero attached hydrogens (tertiary/aromatic N) is 1. The van der Waals surface area contributed by atoms with Gasteiger partial charge in [0.25, 0.3) is 0 Å². The number of sulfone groups is 1. The summed E-state index contributed by atoms with van der Waals surface area (Å²) in [5, 5.41) is 2.97. The number of sulfonamides is 1. The normalized spacial score (nSPS) is 13.2. The topological polar surface area (TPSA) is 83.6 Å². The molecule has 0 aromatic carbocycles. The van der Waals surface area contributed by atoms with E-state index in [1.807, 2.05) is 0 Å². The molecule has 0 saturated heterocycles. The van der Waals surface area contributed by atoms with Crippen molar-refractivity contribution in [2.24, 2.45) is 0 Å². The van der Waals surface area contributed by atoms with Crippen LogP contribution in [-0.4, -0.2) is 65.6 Å². The van der Waals surface area contributed by atoms with Gasteiger partial charge in [0.15, 0.2) is 0 Å². The predicted molar refractivity (Wildman–Crippen MR) is 69.3 cm³/mol. The van der Waals surface area contributed by atoms with Crippen LogP contribution < -0.4 is 5.32 Å². The molecule has 0 fully saturated rings. The van der Waals surface area contributed by atoms with Gasteiger partial charge in [-0.1, -0.05) is 6.92 Å². The summed E-state index contributed by atoms with van der Waals surface area (Å²) in [6.07, 6.45) is 3.05. The van der Waals surface area contributed by atoms with E-state index in [0.717, 1.165) is 0 Å². The Morgan fingerprint density at radius 2 is 1.65 bits per heavy atom. The summed E-state index contributed by atoms with van der Waals surface area (Å²) >= 11 is 0. The van der Waals surface area contributed by atoms with Crippen molar-refractivity contribution in [1.29, 1.82) is 0 Å². The van der Waals surface area contributed by atoms with Crippen LogP contribution in [0.4, 0.5) is 0 Å². The van der Waals surface area contributed by atoms with E-state index in [2.05, 4.69) is 5.32 Å². The molecule has 17 heavy (non-hydrogen) atoms. The summed E-state index contributed by atoms with van der Waals surface area (Å²) in [7, 11) is -6.05. The molecule has 0 aliphatic carbocycles. The summed E-state index contributed by atoms with van der Waals surface area (Å²) in [6, 6.07) is 0. The Kier molecular flexibility index (Phi) is 7.22. The van der Waals surface area contributed by atoms with Gasteiger partial charge in [-0.25, -0.2) is 21.1 Å². The Labute approximate surface area is 104 Å². The van der Waals surface area contributed by atoms with Crippen molar-refractivity contribution in [2.75, 3.05) is 44.4 Å². The van der Waals surface area contributed by atoms with Gasteiger partial charge in [0.2, 0.25) is 10.0 Å². The summed E-state index contributed by atoms with van der Waals surface area (Å²) in [5.74, 6) is 0.108. The van der Waals surface area contributed by atoms with Crippen LogP contribution in [0.5, 0.6) is 0 Å². The Morgan fingerprint density at radius 3 is 2.06 bits per heavy atom. The minimum absolute atomic E-state index is 0.108. The maximum absolute atomic E-state index is 11.2. The Bertz CT molecular complexity index is 403. The van der Waals surface area contributed by atoms with Gasteiger partial charge in [-0.05, 0) is 13.0 Å². The quantitative estimate of drug-likeness (QED) is 0.566. The molecule has 0 aliphatic heterocycles. The molecule has 104 valence electrons. The largest absolute Gasteiger partial charge is 0.316 e. The first-order chi connectivity index (χ1) is 7.67. The fourth-order valence-corrected chi connectivity index (χ4v) is 2.77. The Morgan fingerprint density at radius 1 is 1.06 bits per heavy atom. The van der Waals surface area contributed by atoms with Gasteiger partial charge >= 0.3 is 0 Å². The molecule has 0 unspecified atom stereocenters. The van der Waals surface area contributed by atoms with Crippen LogP contribution in [0.3, 0.4) is 0 Å². The van der Waals surface area contributed by atoms with E-state index in [4.69, 9.17) is 0 Å². The molecule has 0 amide bonds. The third kappa shape index (κ3) is 9.51. The van der Waals surface area contributed by atoms with Gasteiger partial charge in [-0.3, -0.25) is 0 Å². The van der Waals surface area contributed by atoms with Gasteiger partial charge in [-0.2, -0.15) is 0 Å². The average Bonchev–Trinajstić information content (AvgIpc) is 2.12. The Balaban J connectivity index is 3.71. The molecule has 0 radical (unpaired) electrons. The standard InChI is InChI=1S/C9H22N2O4S2/c1-4-11(17(3,14)15)8-5-6-10-7-9-16(2,12)13/h10H,4-9H2,1-3H3. The molecule has 0 aromatic rings. The highest BCUT2D eigenvalue weighted by Crippen LogP contribution is 1.97. The van der Waals surface area contributed by atoms with Crippen molar-refractivity contribution in [3.05, 3.63) is 0 Å². The van der Waals surface area contributed by atoms with Gasteiger partial charge in [-0.15, -0.1) is 0 Å². The van der Waals surface area contributed by atoms with Crippen LogP contribution in [-0.2, 0) is 19.9 Å². The number of nitrogens with one attached hydrogen (secondary N) is 1. The van der Waals surface area contributed by atoms with Crippen molar-refractivity contribution < 1.29 is 16.8 Å². The van der Waals surface area contributed by atoms with Gasteiger partial charge in [0.05, 0.1) is 12.0 Å². The van der Waals surface area contributed by atoms with Crippen molar-refractivity contribution >= 4 is 19.9 Å². The minimum atomic E-state index is -3.12. The second-order valence-electron chi connectivity index (χ2n) is 3.99. The fraction of sp³-hybridized carbons (Fsp3) is 1.00. The molecular formula is C9H22N2O4S2. The Hall–Kier alpha value is -0.180. The third-order valence-electron chi connectivity index (χ3n) is 2.23. The number of hydrogen-bond donors (Lipinski definition) is 1. The SMILES string of the molecule is CCN(CCCNCCS(C)(=O)=O)S(C)(=O)=O. The molecule has 8 heteroatoms. The van der Waals surface area contributed by atoms with Gasteiger partial charge in [0, 0.05) is 25.9 Å². The highest BCUT2D eigenvalue weighted by molar-refractivity contribution is 7.90. The minimum Gasteiger partial charge on any atom is -0.316 e. The molecule has 0 atom stereocenters. The lowest BCUT2D eigenvalue weighted by Crippen LogP contribution is -2.33. The molecular weight excluding hydrogens is 264 g/mol. The molecule has 0 saturated carbocycles. The lowest BCUT2D eigenvalue weighted by molar-refractivity contribution is 0.420. The predicted octanol–water partition coefficient (Wildman–Crippen LogP) is -0.708. The van der Waals surface area contributed by atoms with E-state index in [0.29, 0.717) is 32.6 Å². The first-order valence-electron chi connectivity index (χ1n) is 5.50. The van der Waals surface area contributed by atoms with E-state index in [9.17, 15) is 16.8 Å². The second kappa shape index (κ2) is 7.30. The first-order valence-corrected chi connectivity index (χ1v) is 9.41. The molecule has 0 bridgehead atoms. The maximum atomic E-state index is 11.2. The van der Waals surface area contributed by atoms with E-state index in [1.54, 1.807) is 6.92 Å². The third-order valence-corrected chi connectivity index (χ3v) is 4.56. The molecule has 0 aromatic heterocycles. The van der Waals surface area contributed by atoms with E-state index in [-0.39, 0.29) is 5.75 Å². The summed E-state index contributed by atoms with van der Waals surface area (Å²) in [5.41, 5.74) is 0. The maximum Gasteiger partial charge on any atom is 0.211 e. The zero-order valence-electron chi connectivity index (χ0n) is 10.6. The summed E-state index contributed by atoms with van der Waals surface area (Å²) in [6.45, 7) is 3.73. The molecule has 6 nitrogen and oxygen atoms in total. The fourth-order valence-electron chi connectivity index (χ4n) is 1.32. The lowest BCUT2D eigenvalue weighted by atomic mass is 10.4. The second-order valence-corrected chi connectivity index (χ2v) is 8.23. The lowest BCUT2D eigenvalue weighted by Gasteiger charge is -2.17. The zero-order chi connectivity index (χ0) is 13.5. The van der Waals surface area contributed by atoms with Crippen LogP contribution >= 0.6 is 0 Å². The van der Waals surface area contributed by atoms with E-state index < -0.39 is 19.9 Å². The number of hydrogen-bond acceptors (Lipinski definition) is 5. The van der Waals surface area contributed by atoms with Crippen molar-refractivity contribution in [2.45, 2.75) is 13.3 Å². The highest BCUT2D eigenvalue weighted by atomic mass is 32.2. The average molecular weight is 286 g/mol. The molecule has 0 heterocycles. The monoisotopic (exact) mass is 286 g/mol. The van der Waals surface area contributed by atoms with Crippen molar-refractivity contribution in [3.63, 3.8) is 0 Å². The van der Waals surface area contributed by atoms with Crippen LogP contribution in [0.15, 0.2) is 0 Å². The van der Waals surface area contributed by atoms with Crippen LogP contribution in [0.25, 0.3) is 0 Å². The molecule has 0 aliphatic rings.